The Morgan fingerprint density at radius 1 is 0.900 bits per heavy atom. The Labute approximate surface area is 127 Å². The van der Waals surface area contributed by atoms with Gasteiger partial charge in [-0.15, -0.1) is 0 Å². The van der Waals surface area contributed by atoms with Crippen molar-refractivity contribution in [3.05, 3.63) is 0 Å². The van der Waals surface area contributed by atoms with Crippen molar-refractivity contribution >= 4 is 0 Å². The van der Waals surface area contributed by atoms with Crippen molar-refractivity contribution in [2.45, 2.75) is 85.7 Å². The van der Waals surface area contributed by atoms with E-state index in [0.717, 1.165) is 38.4 Å². The lowest BCUT2D eigenvalue weighted by molar-refractivity contribution is 0.0639. The standard InChI is InChI=1S/C18H38O2/c1-6-7-11-20-14-17(5)13-18(19)12-16(4)10-8-9-15(2)3/h15-19H,6-14H2,1-5H3. The molecule has 2 nitrogen and oxygen atoms in total. The molecule has 0 amide bonds. The molecule has 3 atom stereocenters. The third-order valence-corrected chi connectivity index (χ3v) is 3.87. The molecule has 0 heterocycles. The highest BCUT2D eigenvalue weighted by molar-refractivity contribution is 4.66. The monoisotopic (exact) mass is 286 g/mol. The van der Waals surface area contributed by atoms with Gasteiger partial charge in [0.15, 0.2) is 0 Å². The first-order valence-corrected chi connectivity index (χ1v) is 8.71. The SMILES string of the molecule is CCCCOCC(C)CC(O)CC(C)CCCC(C)C. The fraction of sp³-hybridized carbons (Fsp3) is 1.00. The lowest BCUT2D eigenvalue weighted by Crippen LogP contribution is -2.18. The van der Waals surface area contributed by atoms with E-state index >= 15 is 0 Å². The van der Waals surface area contributed by atoms with Crippen LogP contribution in [0.2, 0.25) is 0 Å². The summed E-state index contributed by atoms with van der Waals surface area (Å²) in [7, 11) is 0. The summed E-state index contributed by atoms with van der Waals surface area (Å²) >= 11 is 0. The normalized spacial score (nSPS) is 16.4. The molecule has 0 aromatic rings. The summed E-state index contributed by atoms with van der Waals surface area (Å²) in [6.07, 6.45) is 7.83. The van der Waals surface area contributed by atoms with Crippen molar-refractivity contribution in [3.8, 4) is 0 Å². The molecule has 122 valence electrons. The minimum absolute atomic E-state index is 0.158. The Morgan fingerprint density at radius 3 is 2.15 bits per heavy atom. The van der Waals surface area contributed by atoms with Crippen LogP contribution >= 0.6 is 0 Å². The fourth-order valence-electron chi connectivity index (χ4n) is 2.62. The smallest absolute Gasteiger partial charge is 0.0546 e. The number of aliphatic hydroxyl groups is 1. The average Bonchev–Trinajstić information content (AvgIpc) is 2.33. The highest BCUT2D eigenvalue weighted by Gasteiger charge is 2.14. The number of hydrogen-bond donors (Lipinski definition) is 1. The van der Waals surface area contributed by atoms with Gasteiger partial charge in [-0.2, -0.15) is 0 Å². The Bertz CT molecular complexity index is 204. The van der Waals surface area contributed by atoms with Crippen molar-refractivity contribution in [3.63, 3.8) is 0 Å². The van der Waals surface area contributed by atoms with Gasteiger partial charge in [-0.3, -0.25) is 0 Å². The zero-order valence-electron chi connectivity index (χ0n) is 14.5. The third-order valence-electron chi connectivity index (χ3n) is 3.87. The minimum Gasteiger partial charge on any atom is -0.393 e. The first kappa shape index (κ1) is 19.9. The van der Waals surface area contributed by atoms with Crippen molar-refractivity contribution in [1.82, 2.24) is 0 Å². The molecule has 0 spiro atoms. The molecule has 0 saturated heterocycles. The molecule has 0 radical (unpaired) electrons. The van der Waals surface area contributed by atoms with E-state index in [4.69, 9.17) is 4.74 Å². The Morgan fingerprint density at radius 2 is 1.55 bits per heavy atom. The Balaban J connectivity index is 3.61. The number of rotatable bonds is 13. The van der Waals surface area contributed by atoms with Crippen LogP contribution in [0.15, 0.2) is 0 Å². The van der Waals surface area contributed by atoms with Crippen LogP contribution in [0, 0.1) is 17.8 Å². The van der Waals surface area contributed by atoms with Gasteiger partial charge in [0.1, 0.15) is 0 Å². The molecule has 0 aliphatic rings. The summed E-state index contributed by atoms with van der Waals surface area (Å²) in [4.78, 5) is 0. The lowest BCUT2D eigenvalue weighted by Gasteiger charge is -2.20. The van der Waals surface area contributed by atoms with Crippen molar-refractivity contribution in [2.75, 3.05) is 13.2 Å². The van der Waals surface area contributed by atoms with E-state index in [1.165, 1.54) is 25.7 Å². The highest BCUT2D eigenvalue weighted by Crippen LogP contribution is 2.20. The Kier molecular flexibility index (Phi) is 12.6. The quantitative estimate of drug-likeness (QED) is 0.480. The average molecular weight is 286 g/mol. The molecule has 0 aromatic heterocycles. The van der Waals surface area contributed by atoms with Gasteiger partial charge in [-0.1, -0.05) is 60.3 Å². The maximum atomic E-state index is 10.1. The third kappa shape index (κ3) is 12.9. The lowest BCUT2D eigenvalue weighted by atomic mass is 9.92. The van der Waals surface area contributed by atoms with Gasteiger partial charge in [-0.25, -0.2) is 0 Å². The van der Waals surface area contributed by atoms with Crippen LogP contribution < -0.4 is 0 Å². The summed E-state index contributed by atoms with van der Waals surface area (Å²) in [5.41, 5.74) is 0. The molecule has 0 aromatic carbocycles. The summed E-state index contributed by atoms with van der Waals surface area (Å²) in [5.74, 6) is 1.90. The first-order chi connectivity index (χ1) is 9.45. The second kappa shape index (κ2) is 12.6. The number of hydrogen-bond acceptors (Lipinski definition) is 2. The summed E-state index contributed by atoms with van der Waals surface area (Å²) in [6.45, 7) is 12.8. The topological polar surface area (TPSA) is 29.5 Å². The predicted molar refractivity (Wildman–Crippen MR) is 88.0 cm³/mol. The number of unbranched alkanes of at least 4 members (excludes halogenated alkanes) is 1. The van der Waals surface area contributed by atoms with Crippen LogP contribution in [0.4, 0.5) is 0 Å². The van der Waals surface area contributed by atoms with Gasteiger partial charge >= 0.3 is 0 Å². The van der Waals surface area contributed by atoms with Gasteiger partial charge in [0, 0.05) is 13.2 Å². The van der Waals surface area contributed by atoms with Crippen LogP contribution in [0.5, 0.6) is 0 Å². The molecule has 0 bridgehead atoms. The van der Waals surface area contributed by atoms with E-state index in [2.05, 4.69) is 34.6 Å². The summed E-state index contributed by atoms with van der Waals surface area (Å²) in [6, 6.07) is 0. The van der Waals surface area contributed by atoms with E-state index in [1.807, 2.05) is 0 Å². The Hall–Kier alpha value is -0.0800. The van der Waals surface area contributed by atoms with Gasteiger partial charge < -0.3 is 9.84 Å². The van der Waals surface area contributed by atoms with Gasteiger partial charge in [0.25, 0.3) is 0 Å². The second-order valence-corrected chi connectivity index (χ2v) is 7.09. The maximum absolute atomic E-state index is 10.1. The zero-order valence-corrected chi connectivity index (χ0v) is 14.5. The number of ether oxygens (including phenoxy) is 1. The van der Waals surface area contributed by atoms with Crippen molar-refractivity contribution in [1.29, 1.82) is 0 Å². The molecule has 3 unspecified atom stereocenters. The van der Waals surface area contributed by atoms with Gasteiger partial charge in [0.2, 0.25) is 0 Å². The van der Waals surface area contributed by atoms with Crippen LogP contribution in [0.1, 0.15) is 79.6 Å². The van der Waals surface area contributed by atoms with Crippen LogP contribution in [-0.2, 0) is 4.74 Å². The van der Waals surface area contributed by atoms with E-state index in [9.17, 15) is 5.11 Å². The summed E-state index contributed by atoms with van der Waals surface area (Å²) < 4.78 is 5.62. The molecule has 1 N–H and O–H groups in total. The zero-order chi connectivity index (χ0) is 15.4. The molecule has 0 rings (SSSR count). The van der Waals surface area contributed by atoms with Crippen molar-refractivity contribution < 1.29 is 9.84 Å². The van der Waals surface area contributed by atoms with E-state index in [1.54, 1.807) is 0 Å². The molecule has 0 saturated carbocycles. The highest BCUT2D eigenvalue weighted by atomic mass is 16.5. The predicted octanol–water partition coefficient (Wildman–Crippen LogP) is 5.04. The molecule has 2 heteroatoms. The van der Waals surface area contributed by atoms with Crippen LogP contribution in [0.25, 0.3) is 0 Å². The summed E-state index contributed by atoms with van der Waals surface area (Å²) in [5, 5.41) is 10.1. The maximum Gasteiger partial charge on any atom is 0.0546 e. The molecule has 20 heavy (non-hydrogen) atoms. The van der Waals surface area contributed by atoms with Crippen LogP contribution in [0.3, 0.4) is 0 Å². The van der Waals surface area contributed by atoms with Crippen LogP contribution in [-0.4, -0.2) is 24.4 Å². The largest absolute Gasteiger partial charge is 0.393 e. The molecular formula is C18H38O2. The fourth-order valence-corrected chi connectivity index (χ4v) is 2.62. The minimum atomic E-state index is -0.158. The van der Waals surface area contributed by atoms with Crippen molar-refractivity contribution in [2.24, 2.45) is 17.8 Å². The van der Waals surface area contributed by atoms with E-state index in [0.29, 0.717) is 11.8 Å². The molecule has 0 fully saturated rings. The van der Waals surface area contributed by atoms with Gasteiger partial charge in [-0.05, 0) is 37.0 Å². The van der Waals surface area contributed by atoms with E-state index in [-0.39, 0.29) is 6.10 Å². The number of aliphatic hydroxyl groups excluding tert-OH is 1. The molecular weight excluding hydrogens is 248 g/mol. The first-order valence-electron chi connectivity index (χ1n) is 8.71. The molecule has 0 aliphatic heterocycles. The van der Waals surface area contributed by atoms with E-state index < -0.39 is 0 Å². The second-order valence-electron chi connectivity index (χ2n) is 7.09. The molecule has 0 aliphatic carbocycles. The van der Waals surface area contributed by atoms with Gasteiger partial charge in [0.05, 0.1) is 6.10 Å².